The molecule has 0 rings (SSSR count). The number of nitrogens with one attached hydrogen (secondary N) is 1. The van der Waals surface area contributed by atoms with Crippen molar-refractivity contribution in [3.63, 3.8) is 0 Å². The smallest absolute Gasteiger partial charge is 0.456 e. The first-order valence-corrected chi connectivity index (χ1v) is 29.9. The molecule has 0 heterocycles. The number of carbonyl (C=O) groups is 2. The standard InChI is InChI=1S/C60H107N2O7P/c1-7-10-13-16-19-22-25-27-29-31-33-35-38-41-44-47-50-53-60(64)69-58(51-48-45-42-39-36-24-21-18-15-12-9-3)57(56-68-70(65,66)67-55-54-62(4,5)6)61-59(63)52-49-46-43-40-37-34-32-30-28-26-23-20-17-14-11-8-2/h11,14,19-20,22-23,27-30,34,37,48,51,57-58H,7-10,12-13,15-18,21,24-26,31-33,35-36,38-47,49-50,52-56H2,1-6H3,(H-,61,63,65,66)/p+1/b14-11+,22-19-,23-20+,29-27-,30-28+,37-34+,51-48+. The van der Waals surface area contributed by atoms with E-state index in [9.17, 15) is 19.0 Å². The molecule has 9 nitrogen and oxygen atoms in total. The third-order valence-electron chi connectivity index (χ3n) is 12.1. The first kappa shape index (κ1) is 67.2. The van der Waals surface area contributed by atoms with Gasteiger partial charge in [0.15, 0.2) is 0 Å². The monoisotopic (exact) mass is 1000 g/mol. The Labute approximate surface area is 431 Å². The number of phosphoric acid groups is 1. The van der Waals surface area contributed by atoms with E-state index in [1.807, 2.05) is 33.3 Å². The Morgan fingerprint density at radius 1 is 0.514 bits per heavy atom. The molecule has 1 amide bonds. The summed E-state index contributed by atoms with van der Waals surface area (Å²) in [4.78, 5) is 37.5. The summed E-state index contributed by atoms with van der Waals surface area (Å²) in [6.07, 6.45) is 64.3. The average molecular weight is 1000 g/mol. The van der Waals surface area contributed by atoms with Crippen LogP contribution in [0.2, 0.25) is 0 Å². The Kier molecular flexibility index (Phi) is 47.8. The zero-order chi connectivity index (χ0) is 51.5. The molecule has 0 aliphatic heterocycles. The topological polar surface area (TPSA) is 111 Å². The molecule has 0 aromatic rings. The van der Waals surface area contributed by atoms with Crippen molar-refractivity contribution in [3.05, 3.63) is 85.1 Å². The third kappa shape index (κ3) is 50.1. The van der Waals surface area contributed by atoms with Crippen LogP contribution in [0.3, 0.4) is 0 Å². The van der Waals surface area contributed by atoms with Gasteiger partial charge >= 0.3 is 13.8 Å². The second-order valence-electron chi connectivity index (χ2n) is 20.1. The lowest BCUT2D eigenvalue weighted by molar-refractivity contribution is -0.870. The number of esters is 1. The summed E-state index contributed by atoms with van der Waals surface area (Å²) in [5.41, 5.74) is 0. The summed E-state index contributed by atoms with van der Waals surface area (Å²) in [6.45, 7) is 6.82. The third-order valence-corrected chi connectivity index (χ3v) is 13.1. The highest BCUT2D eigenvalue weighted by atomic mass is 31.2. The minimum Gasteiger partial charge on any atom is -0.456 e. The molecule has 0 aromatic heterocycles. The molecular formula is C60H108N2O7P+. The highest BCUT2D eigenvalue weighted by molar-refractivity contribution is 7.47. The van der Waals surface area contributed by atoms with Gasteiger partial charge in [-0.05, 0) is 102 Å². The van der Waals surface area contributed by atoms with Gasteiger partial charge in [0.2, 0.25) is 5.91 Å². The van der Waals surface area contributed by atoms with Gasteiger partial charge in [-0.15, -0.1) is 0 Å². The summed E-state index contributed by atoms with van der Waals surface area (Å²) in [6, 6.07) is -0.871. The number of rotatable bonds is 50. The predicted molar refractivity (Wildman–Crippen MR) is 300 cm³/mol. The average Bonchev–Trinajstić information content (AvgIpc) is 3.32. The fourth-order valence-electron chi connectivity index (χ4n) is 7.67. The molecule has 0 aliphatic carbocycles. The molecule has 0 aromatic carbocycles. The van der Waals surface area contributed by atoms with Crippen LogP contribution in [0.25, 0.3) is 0 Å². The van der Waals surface area contributed by atoms with E-state index in [1.165, 1.54) is 89.9 Å². The van der Waals surface area contributed by atoms with E-state index in [1.54, 1.807) is 0 Å². The number of amides is 1. The number of hydrogen-bond donors (Lipinski definition) is 2. The predicted octanol–water partition coefficient (Wildman–Crippen LogP) is 17.0. The van der Waals surface area contributed by atoms with Crippen molar-refractivity contribution >= 4 is 19.7 Å². The largest absolute Gasteiger partial charge is 0.472 e. The minimum absolute atomic E-state index is 0.0288. The molecule has 0 aliphatic rings. The van der Waals surface area contributed by atoms with Gasteiger partial charge in [0.1, 0.15) is 19.3 Å². The van der Waals surface area contributed by atoms with E-state index >= 15 is 0 Å². The summed E-state index contributed by atoms with van der Waals surface area (Å²) in [5.74, 6) is -0.556. The lowest BCUT2D eigenvalue weighted by Crippen LogP contribution is -2.47. The van der Waals surface area contributed by atoms with E-state index in [2.05, 4.69) is 99.0 Å². The van der Waals surface area contributed by atoms with Crippen LogP contribution in [0.5, 0.6) is 0 Å². The number of nitrogens with zero attached hydrogens (tertiary/aromatic N) is 1. The Balaban J connectivity index is 5.39. The van der Waals surface area contributed by atoms with Gasteiger partial charge in [-0.25, -0.2) is 4.57 Å². The number of unbranched alkanes of at least 4 members (excludes halogenated alkanes) is 22. The first-order valence-electron chi connectivity index (χ1n) is 28.4. The fourth-order valence-corrected chi connectivity index (χ4v) is 8.40. The quantitative estimate of drug-likeness (QED) is 0.0205. The van der Waals surface area contributed by atoms with E-state index in [0.29, 0.717) is 17.4 Å². The van der Waals surface area contributed by atoms with Crippen molar-refractivity contribution < 1.29 is 37.3 Å². The van der Waals surface area contributed by atoms with Crippen LogP contribution in [0.15, 0.2) is 85.1 Å². The van der Waals surface area contributed by atoms with Crippen molar-refractivity contribution in [3.8, 4) is 0 Å². The minimum atomic E-state index is -4.46. The molecule has 3 unspecified atom stereocenters. The molecule has 0 radical (unpaired) electrons. The molecular weight excluding hydrogens is 892 g/mol. The van der Waals surface area contributed by atoms with Crippen LogP contribution in [0, 0.1) is 0 Å². The van der Waals surface area contributed by atoms with Gasteiger partial charge in [-0.2, -0.15) is 0 Å². The van der Waals surface area contributed by atoms with Crippen LogP contribution < -0.4 is 5.32 Å². The maximum absolute atomic E-state index is 13.5. The summed E-state index contributed by atoms with van der Waals surface area (Å²) in [7, 11) is 1.46. The van der Waals surface area contributed by atoms with Gasteiger partial charge in [-0.3, -0.25) is 18.6 Å². The van der Waals surface area contributed by atoms with Crippen LogP contribution in [0.1, 0.15) is 233 Å². The number of phosphoric ester groups is 1. The Morgan fingerprint density at radius 3 is 1.41 bits per heavy atom. The Bertz CT molecular complexity index is 1480. The number of likely N-dealkylation sites (N-methyl/N-ethyl adjacent to an activating group) is 1. The highest BCUT2D eigenvalue weighted by Gasteiger charge is 2.30. The fraction of sp³-hybridized carbons (Fsp3) is 0.733. The normalized spacial score (nSPS) is 14.4. The SMILES string of the molecule is CC/C=C/C/C=C/C/C=C/C/C=C/CCCCCC(=O)NC(COP(=O)(O)OCC[N+](C)(C)C)C(/C=C/CCCCCCCCCCC)OC(=O)CCCCCCCCC/C=C\C/C=C\CCCCC. The van der Waals surface area contributed by atoms with Gasteiger partial charge in [-0.1, -0.05) is 202 Å². The second kappa shape index (κ2) is 49.8. The molecule has 0 fully saturated rings. The molecule has 10 heteroatoms. The lowest BCUT2D eigenvalue weighted by Gasteiger charge is -2.27. The molecule has 404 valence electrons. The van der Waals surface area contributed by atoms with Crippen LogP contribution in [-0.2, 0) is 27.9 Å². The van der Waals surface area contributed by atoms with Crippen molar-refractivity contribution in [2.24, 2.45) is 0 Å². The van der Waals surface area contributed by atoms with Crippen molar-refractivity contribution in [1.82, 2.24) is 5.32 Å². The summed E-state index contributed by atoms with van der Waals surface area (Å²) >= 11 is 0. The first-order chi connectivity index (χ1) is 33.9. The Morgan fingerprint density at radius 2 is 0.914 bits per heavy atom. The Hall–Kier alpha value is -2.81. The van der Waals surface area contributed by atoms with Gasteiger partial charge in [0.25, 0.3) is 0 Å². The number of ether oxygens (including phenoxy) is 1. The second-order valence-corrected chi connectivity index (χ2v) is 21.5. The molecule has 0 spiro atoms. The van der Waals surface area contributed by atoms with Crippen molar-refractivity contribution in [2.45, 2.75) is 245 Å². The molecule has 0 saturated carbocycles. The summed E-state index contributed by atoms with van der Waals surface area (Å²) in [5, 5.41) is 3.02. The van der Waals surface area contributed by atoms with Crippen LogP contribution in [-0.4, -0.2) is 74.3 Å². The number of carbonyl (C=O) groups excluding carboxylic acids is 2. The van der Waals surface area contributed by atoms with Crippen molar-refractivity contribution in [1.29, 1.82) is 0 Å². The number of allylic oxidation sites excluding steroid dienone is 13. The van der Waals surface area contributed by atoms with Gasteiger partial charge in [0.05, 0.1) is 33.8 Å². The highest BCUT2D eigenvalue weighted by Crippen LogP contribution is 2.43. The molecule has 2 N–H and O–H groups in total. The molecule has 70 heavy (non-hydrogen) atoms. The summed E-state index contributed by atoms with van der Waals surface area (Å²) < 4.78 is 30.6. The van der Waals surface area contributed by atoms with E-state index in [-0.39, 0.29) is 37.9 Å². The van der Waals surface area contributed by atoms with E-state index < -0.39 is 20.0 Å². The molecule has 0 bridgehead atoms. The van der Waals surface area contributed by atoms with E-state index in [4.69, 9.17) is 13.8 Å². The number of quaternary nitrogens is 1. The van der Waals surface area contributed by atoms with Gasteiger partial charge in [0, 0.05) is 12.8 Å². The van der Waals surface area contributed by atoms with Crippen molar-refractivity contribution in [2.75, 3.05) is 40.9 Å². The van der Waals surface area contributed by atoms with Gasteiger partial charge < -0.3 is 19.4 Å². The number of hydrogen-bond acceptors (Lipinski definition) is 6. The van der Waals surface area contributed by atoms with Crippen LogP contribution in [0.4, 0.5) is 0 Å². The lowest BCUT2D eigenvalue weighted by atomic mass is 10.1. The van der Waals surface area contributed by atoms with Crippen LogP contribution >= 0.6 is 7.82 Å². The maximum atomic E-state index is 13.5. The maximum Gasteiger partial charge on any atom is 0.472 e. The molecule has 3 atom stereocenters. The van der Waals surface area contributed by atoms with E-state index in [0.717, 1.165) is 103 Å². The zero-order valence-electron chi connectivity index (χ0n) is 46.0. The zero-order valence-corrected chi connectivity index (χ0v) is 46.9. The molecule has 0 saturated heterocycles.